The van der Waals surface area contributed by atoms with Crippen molar-refractivity contribution in [2.24, 2.45) is 0 Å². The predicted octanol–water partition coefficient (Wildman–Crippen LogP) is 2.73. The van der Waals surface area contributed by atoms with Gasteiger partial charge in [-0.3, -0.25) is 0 Å². The maximum absolute atomic E-state index is 12.7. The molecule has 1 aliphatic rings. The van der Waals surface area contributed by atoms with Crippen molar-refractivity contribution < 1.29 is 22.8 Å². The molecule has 0 aromatic heterocycles. The summed E-state index contributed by atoms with van der Waals surface area (Å²) in [5.74, 6) is 0.275. The number of alkyl halides is 3. The van der Waals surface area contributed by atoms with Crippen LogP contribution in [-0.2, 0) is 19.1 Å². The summed E-state index contributed by atoms with van der Waals surface area (Å²) >= 11 is 0. The molecule has 0 aliphatic carbocycles. The molecule has 1 N–H and O–H groups in total. The predicted molar refractivity (Wildman–Crippen MR) is 81.5 cm³/mol. The van der Waals surface area contributed by atoms with Gasteiger partial charge in [-0.25, -0.2) is 0 Å². The second kappa shape index (κ2) is 6.62. The maximum atomic E-state index is 12.7. The largest absolute Gasteiger partial charge is 0.488 e. The van der Waals surface area contributed by atoms with E-state index in [9.17, 15) is 13.2 Å². The van der Waals surface area contributed by atoms with Gasteiger partial charge in [0.05, 0.1) is 12.1 Å². The van der Waals surface area contributed by atoms with Crippen LogP contribution in [0.5, 0.6) is 5.75 Å². The minimum Gasteiger partial charge on any atom is -0.488 e. The molecule has 2 aromatic carbocycles. The highest BCUT2D eigenvalue weighted by molar-refractivity contribution is 5.30. The molecule has 1 heterocycles. The molecule has 0 bridgehead atoms. The average Bonchev–Trinajstić information content (AvgIpc) is 2.54. The summed E-state index contributed by atoms with van der Waals surface area (Å²) in [5, 5.41) is 0. The van der Waals surface area contributed by atoms with Crippen LogP contribution in [0.1, 0.15) is 16.7 Å². The molecular weight excluding hydrogens is 303 g/mol. The smallest absolute Gasteiger partial charge is 0.416 e. The first-order chi connectivity index (χ1) is 11.0. The van der Waals surface area contributed by atoms with Gasteiger partial charge in [-0.2, -0.15) is 13.2 Å². The summed E-state index contributed by atoms with van der Waals surface area (Å²) in [6.07, 6.45) is -3.30. The third-order valence-corrected chi connectivity index (χ3v) is 4.19. The van der Waals surface area contributed by atoms with Gasteiger partial charge in [0.15, 0.2) is 0 Å². The van der Waals surface area contributed by atoms with Crippen molar-refractivity contribution >= 4 is 0 Å². The van der Waals surface area contributed by atoms with Crippen LogP contribution in [0, 0.1) is 0 Å². The fraction of sp³-hybridized carbons (Fsp3) is 0.333. The van der Waals surface area contributed by atoms with E-state index >= 15 is 0 Å². The van der Waals surface area contributed by atoms with E-state index in [0.717, 1.165) is 38.2 Å². The SMILES string of the molecule is FC(F)(F)c1cccc(OCC[NH+]2CCc3ccccc3C2)c1. The number of fused-ring (bicyclic) bond motifs is 1. The summed E-state index contributed by atoms with van der Waals surface area (Å²) < 4.78 is 43.5. The van der Waals surface area contributed by atoms with Crippen molar-refractivity contribution in [2.75, 3.05) is 19.7 Å². The third-order valence-electron chi connectivity index (χ3n) is 4.19. The van der Waals surface area contributed by atoms with Gasteiger partial charge in [-0.1, -0.05) is 30.3 Å². The van der Waals surface area contributed by atoms with E-state index in [-0.39, 0.29) is 5.75 Å². The Morgan fingerprint density at radius 2 is 1.78 bits per heavy atom. The Hall–Kier alpha value is -2.01. The molecule has 2 nitrogen and oxygen atoms in total. The molecule has 0 spiro atoms. The van der Waals surface area contributed by atoms with E-state index in [1.54, 1.807) is 6.07 Å². The lowest BCUT2D eigenvalue weighted by Crippen LogP contribution is -3.12. The Kier molecular flexibility index (Phi) is 4.57. The molecule has 1 unspecified atom stereocenters. The van der Waals surface area contributed by atoms with Crippen LogP contribution in [0.4, 0.5) is 13.2 Å². The van der Waals surface area contributed by atoms with Crippen molar-refractivity contribution in [2.45, 2.75) is 19.1 Å². The molecule has 3 rings (SSSR count). The average molecular weight is 322 g/mol. The normalized spacial score (nSPS) is 17.6. The minimum atomic E-state index is -4.33. The number of halogens is 3. The van der Waals surface area contributed by atoms with Crippen LogP contribution >= 0.6 is 0 Å². The van der Waals surface area contributed by atoms with Crippen LogP contribution in [0.15, 0.2) is 48.5 Å². The molecule has 1 atom stereocenters. The molecule has 1 aliphatic heterocycles. The van der Waals surface area contributed by atoms with Crippen LogP contribution < -0.4 is 9.64 Å². The summed E-state index contributed by atoms with van der Waals surface area (Å²) in [6.45, 7) is 3.18. The molecule has 0 saturated carbocycles. The standard InChI is InChI=1S/C18H18F3NO/c19-18(20,21)16-6-3-7-17(12-16)23-11-10-22-9-8-14-4-1-2-5-15(14)13-22/h1-7,12H,8-11,13H2/p+1. The van der Waals surface area contributed by atoms with Crippen LogP contribution in [0.25, 0.3) is 0 Å². The van der Waals surface area contributed by atoms with E-state index in [1.807, 2.05) is 6.07 Å². The van der Waals surface area contributed by atoms with E-state index in [2.05, 4.69) is 18.2 Å². The van der Waals surface area contributed by atoms with Gasteiger partial charge in [-0.05, 0) is 23.8 Å². The van der Waals surface area contributed by atoms with E-state index in [1.165, 1.54) is 22.1 Å². The Morgan fingerprint density at radius 1 is 1.00 bits per heavy atom. The second-order valence-corrected chi connectivity index (χ2v) is 5.82. The van der Waals surface area contributed by atoms with E-state index in [0.29, 0.717) is 6.61 Å². The lowest BCUT2D eigenvalue weighted by molar-refractivity contribution is -0.915. The number of hydrogen-bond donors (Lipinski definition) is 1. The van der Waals surface area contributed by atoms with Crippen molar-refractivity contribution in [1.29, 1.82) is 0 Å². The summed E-state index contributed by atoms with van der Waals surface area (Å²) in [5.41, 5.74) is 2.08. The van der Waals surface area contributed by atoms with Crippen molar-refractivity contribution in [3.8, 4) is 5.75 Å². The highest BCUT2D eigenvalue weighted by Gasteiger charge is 2.30. The zero-order chi connectivity index (χ0) is 16.3. The van der Waals surface area contributed by atoms with Crippen molar-refractivity contribution in [3.05, 3.63) is 65.2 Å². The number of benzene rings is 2. The van der Waals surface area contributed by atoms with Gasteiger partial charge < -0.3 is 9.64 Å². The van der Waals surface area contributed by atoms with Crippen LogP contribution in [-0.4, -0.2) is 19.7 Å². The van der Waals surface area contributed by atoms with Gasteiger partial charge in [0.2, 0.25) is 0 Å². The highest BCUT2D eigenvalue weighted by atomic mass is 19.4. The topological polar surface area (TPSA) is 13.7 Å². The lowest BCUT2D eigenvalue weighted by atomic mass is 10.0. The van der Waals surface area contributed by atoms with Crippen molar-refractivity contribution in [3.63, 3.8) is 0 Å². The molecule has 5 heteroatoms. The second-order valence-electron chi connectivity index (χ2n) is 5.82. The highest BCUT2D eigenvalue weighted by Crippen LogP contribution is 2.31. The number of nitrogens with one attached hydrogen (secondary N) is 1. The Bertz CT molecular complexity index is 669. The van der Waals surface area contributed by atoms with Gasteiger partial charge in [0, 0.05) is 12.0 Å². The van der Waals surface area contributed by atoms with Gasteiger partial charge >= 0.3 is 6.18 Å². The molecule has 122 valence electrons. The molecule has 0 amide bonds. The van der Waals surface area contributed by atoms with E-state index < -0.39 is 11.7 Å². The summed E-state index contributed by atoms with van der Waals surface area (Å²) in [4.78, 5) is 1.40. The molecular formula is C18H19F3NO+. The fourth-order valence-corrected chi connectivity index (χ4v) is 2.93. The fourth-order valence-electron chi connectivity index (χ4n) is 2.93. The number of rotatable bonds is 4. The molecule has 0 radical (unpaired) electrons. The Balaban J connectivity index is 1.53. The monoisotopic (exact) mass is 322 g/mol. The number of hydrogen-bond acceptors (Lipinski definition) is 1. The van der Waals surface area contributed by atoms with Crippen LogP contribution in [0.2, 0.25) is 0 Å². The Morgan fingerprint density at radius 3 is 2.57 bits per heavy atom. The molecule has 0 fully saturated rings. The quantitative estimate of drug-likeness (QED) is 0.914. The molecule has 2 aromatic rings. The first kappa shape index (κ1) is 15.9. The zero-order valence-electron chi connectivity index (χ0n) is 12.7. The van der Waals surface area contributed by atoms with Crippen molar-refractivity contribution in [1.82, 2.24) is 0 Å². The number of quaternary nitrogens is 1. The first-order valence-corrected chi connectivity index (χ1v) is 7.73. The zero-order valence-corrected chi connectivity index (χ0v) is 12.7. The summed E-state index contributed by atoms with van der Waals surface area (Å²) in [7, 11) is 0. The third kappa shape index (κ3) is 4.05. The van der Waals surface area contributed by atoms with Gasteiger partial charge in [0.25, 0.3) is 0 Å². The lowest BCUT2D eigenvalue weighted by Gasteiger charge is -2.25. The maximum Gasteiger partial charge on any atom is 0.416 e. The van der Waals surface area contributed by atoms with Gasteiger partial charge in [0.1, 0.15) is 25.4 Å². The minimum absolute atomic E-state index is 0.275. The number of ether oxygens (including phenoxy) is 1. The van der Waals surface area contributed by atoms with Gasteiger partial charge in [-0.15, -0.1) is 0 Å². The first-order valence-electron chi connectivity index (χ1n) is 7.73. The summed E-state index contributed by atoms with van der Waals surface area (Å²) in [6, 6.07) is 13.5. The molecule has 23 heavy (non-hydrogen) atoms. The molecule has 0 saturated heterocycles. The Labute approximate surface area is 133 Å². The van der Waals surface area contributed by atoms with Crippen LogP contribution in [0.3, 0.4) is 0 Å². The van der Waals surface area contributed by atoms with E-state index in [4.69, 9.17) is 4.74 Å².